The van der Waals surface area contributed by atoms with Gasteiger partial charge in [-0.2, -0.15) is 0 Å². The first-order valence-electron chi connectivity index (χ1n) is 21.2. The van der Waals surface area contributed by atoms with Gasteiger partial charge in [0.25, 0.3) is 0 Å². The molecule has 0 aromatic rings. The van der Waals surface area contributed by atoms with Crippen molar-refractivity contribution in [3.63, 3.8) is 0 Å². The summed E-state index contributed by atoms with van der Waals surface area (Å²) in [6, 6.07) is 0. The molecule has 0 bridgehead atoms. The minimum atomic E-state index is -0.954. The third-order valence-electron chi connectivity index (χ3n) is 8.67. The van der Waals surface area contributed by atoms with Gasteiger partial charge in [0.05, 0.1) is 25.9 Å². The molecule has 51 heavy (non-hydrogen) atoms. The number of aliphatic hydroxyl groups is 5. The second kappa shape index (κ2) is 53.1. The molecule has 0 amide bonds. The standard InChI is InChI=1S/2C18H36O2.C3H8O3.C3H8O2/c2*1-2-3-4-5-6-7-8-9-10-11-12-13-14-15-16-17-18(19)20;4-1-3(6)2-5;1-3(5)2-4/h2*2-17H2,1H3,(H,19,20);3-6H,1-2H2;3-5H,2H2,1H3. The van der Waals surface area contributed by atoms with Crippen molar-refractivity contribution in [1.82, 2.24) is 0 Å². The number of hydrogen-bond donors (Lipinski definition) is 7. The average Bonchev–Trinajstić information content (AvgIpc) is 3.11. The first kappa shape index (κ1) is 56.5. The molecule has 1 unspecified atom stereocenters. The van der Waals surface area contributed by atoms with Crippen LogP contribution in [0.5, 0.6) is 0 Å². The monoisotopic (exact) mass is 737 g/mol. The summed E-state index contributed by atoms with van der Waals surface area (Å²) in [7, 11) is 0. The lowest BCUT2D eigenvalue weighted by atomic mass is 10.0. The van der Waals surface area contributed by atoms with Crippen LogP contribution in [-0.4, -0.2) is 79.7 Å². The summed E-state index contributed by atoms with van der Waals surface area (Å²) in [5.41, 5.74) is 0. The normalized spacial score (nSPS) is 11.2. The van der Waals surface area contributed by atoms with Crippen molar-refractivity contribution in [3.05, 3.63) is 0 Å². The van der Waals surface area contributed by atoms with Crippen LogP contribution in [-0.2, 0) is 9.59 Å². The smallest absolute Gasteiger partial charge is 0.303 e. The van der Waals surface area contributed by atoms with Crippen molar-refractivity contribution in [2.45, 2.75) is 238 Å². The molecular weight excluding hydrogens is 648 g/mol. The van der Waals surface area contributed by atoms with E-state index in [9.17, 15) is 9.59 Å². The molecule has 310 valence electrons. The molecule has 0 aromatic carbocycles. The third kappa shape index (κ3) is 70.9. The van der Waals surface area contributed by atoms with Gasteiger partial charge in [-0.15, -0.1) is 0 Å². The fourth-order valence-electron chi connectivity index (χ4n) is 5.35. The van der Waals surface area contributed by atoms with Crippen LogP contribution in [0.15, 0.2) is 0 Å². The quantitative estimate of drug-likeness (QED) is 0.0312. The minimum Gasteiger partial charge on any atom is -0.481 e. The van der Waals surface area contributed by atoms with E-state index >= 15 is 0 Å². The van der Waals surface area contributed by atoms with Gasteiger partial charge in [0.15, 0.2) is 0 Å². The number of hydrogen-bond acceptors (Lipinski definition) is 7. The zero-order valence-corrected chi connectivity index (χ0v) is 33.9. The van der Waals surface area contributed by atoms with E-state index in [4.69, 9.17) is 35.7 Å². The molecule has 0 fully saturated rings. The molecule has 0 radical (unpaired) electrons. The lowest BCUT2D eigenvalue weighted by Crippen LogP contribution is -2.15. The van der Waals surface area contributed by atoms with Crippen molar-refractivity contribution in [3.8, 4) is 0 Å². The minimum absolute atomic E-state index is 0.139. The summed E-state index contributed by atoms with van der Waals surface area (Å²) in [6.07, 6.45) is 38.9. The van der Waals surface area contributed by atoms with Crippen LogP contribution < -0.4 is 0 Å². The van der Waals surface area contributed by atoms with Gasteiger partial charge in [-0.25, -0.2) is 0 Å². The van der Waals surface area contributed by atoms with E-state index < -0.39 is 24.1 Å². The molecule has 0 aromatic heterocycles. The average molecular weight is 737 g/mol. The number of aliphatic hydroxyl groups excluding tert-OH is 5. The largest absolute Gasteiger partial charge is 0.481 e. The Hall–Kier alpha value is -1.26. The first-order chi connectivity index (χ1) is 24.6. The lowest BCUT2D eigenvalue weighted by molar-refractivity contribution is -0.138. The Labute approximate surface area is 315 Å². The Balaban J connectivity index is -0.000000335. The van der Waals surface area contributed by atoms with Crippen LogP contribution in [0.1, 0.15) is 226 Å². The zero-order valence-electron chi connectivity index (χ0n) is 33.9. The van der Waals surface area contributed by atoms with E-state index in [0.29, 0.717) is 12.8 Å². The predicted molar refractivity (Wildman–Crippen MR) is 213 cm³/mol. The summed E-state index contributed by atoms with van der Waals surface area (Å²) in [4.78, 5) is 20.7. The number of aliphatic carboxylic acids is 2. The highest BCUT2D eigenvalue weighted by Gasteiger charge is 1.99. The second-order valence-corrected chi connectivity index (χ2v) is 14.2. The Morgan fingerprint density at radius 1 is 0.373 bits per heavy atom. The van der Waals surface area contributed by atoms with E-state index in [1.54, 1.807) is 0 Å². The number of carboxylic acids is 2. The van der Waals surface area contributed by atoms with Crippen LogP contribution in [0.25, 0.3) is 0 Å². The fourth-order valence-corrected chi connectivity index (χ4v) is 5.35. The van der Waals surface area contributed by atoms with Gasteiger partial charge in [-0.3, -0.25) is 9.59 Å². The van der Waals surface area contributed by atoms with Crippen LogP contribution >= 0.6 is 0 Å². The fraction of sp³-hybridized carbons (Fsp3) is 0.952. The Morgan fingerprint density at radius 3 is 0.667 bits per heavy atom. The van der Waals surface area contributed by atoms with Crippen molar-refractivity contribution in [2.24, 2.45) is 0 Å². The maximum atomic E-state index is 10.3. The highest BCUT2D eigenvalue weighted by Crippen LogP contribution is 2.15. The molecule has 0 aliphatic carbocycles. The van der Waals surface area contributed by atoms with Crippen LogP contribution in [0.3, 0.4) is 0 Å². The Kier molecular flexibility index (Phi) is 58.8. The molecule has 0 heterocycles. The SMILES string of the molecule is CC(O)CO.CCCCCCCCCCCCCCCCCC(=O)O.CCCCCCCCCCCCCCCCCC(=O)O.OCC(O)CO. The molecular formula is C42H88O9. The summed E-state index contributed by atoms with van der Waals surface area (Å²) in [6.45, 7) is 5.20. The van der Waals surface area contributed by atoms with Crippen molar-refractivity contribution in [2.75, 3.05) is 19.8 Å². The van der Waals surface area contributed by atoms with Gasteiger partial charge in [0.2, 0.25) is 0 Å². The summed E-state index contributed by atoms with van der Waals surface area (Å²) in [5, 5.41) is 57.1. The third-order valence-corrected chi connectivity index (χ3v) is 8.67. The van der Waals surface area contributed by atoms with Crippen molar-refractivity contribution >= 4 is 11.9 Å². The Bertz CT molecular complexity index is 583. The zero-order chi connectivity index (χ0) is 39.1. The van der Waals surface area contributed by atoms with Gasteiger partial charge in [0, 0.05) is 12.8 Å². The molecule has 0 aliphatic heterocycles. The first-order valence-corrected chi connectivity index (χ1v) is 21.2. The molecule has 0 rings (SSSR count). The van der Waals surface area contributed by atoms with E-state index in [2.05, 4.69) is 13.8 Å². The summed E-state index contributed by atoms with van der Waals surface area (Å²) < 4.78 is 0. The van der Waals surface area contributed by atoms with Gasteiger partial charge in [-0.05, 0) is 19.8 Å². The maximum absolute atomic E-state index is 10.3. The van der Waals surface area contributed by atoms with Gasteiger partial charge >= 0.3 is 11.9 Å². The topological polar surface area (TPSA) is 176 Å². The maximum Gasteiger partial charge on any atom is 0.303 e. The summed E-state index contributed by atoms with van der Waals surface area (Å²) >= 11 is 0. The molecule has 1 atom stereocenters. The van der Waals surface area contributed by atoms with Crippen LogP contribution in [0.4, 0.5) is 0 Å². The molecule has 9 nitrogen and oxygen atoms in total. The van der Waals surface area contributed by atoms with E-state index in [0.717, 1.165) is 25.7 Å². The van der Waals surface area contributed by atoms with Gasteiger partial charge < -0.3 is 35.7 Å². The van der Waals surface area contributed by atoms with Crippen molar-refractivity contribution < 1.29 is 45.3 Å². The molecule has 7 N–H and O–H groups in total. The molecule has 0 aliphatic rings. The van der Waals surface area contributed by atoms with Crippen LogP contribution in [0, 0.1) is 0 Å². The molecule has 0 spiro atoms. The van der Waals surface area contributed by atoms with E-state index in [-0.39, 0.29) is 19.8 Å². The van der Waals surface area contributed by atoms with Crippen molar-refractivity contribution in [1.29, 1.82) is 0 Å². The van der Waals surface area contributed by atoms with E-state index in [1.807, 2.05) is 0 Å². The molecule has 9 heteroatoms. The second-order valence-electron chi connectivity index (χ2n) is 14.2. The predicted octanol–water partition coefficient (Wildman–Crippen LogP) is 10.4. The van der Waals surface area contributed by atoms with Crippen LogP contribution in [0.2, 0.25) is 0 Å². The molecule has 0 saturated heterocycles. The van der Waals surface area contributed by atoms with Gasteiger partial charge in [0.1, 0.15) is 6.10 Å². The number of rotatable bonds is 35. The summed E-state index contributed by atoms with van der Waals surface area (Å²) in [5.74, 6) is -1.31. The Morgan fingerprint density at radius 2 is 0.549 bits per heavy atom. The highest BCUT2D eigenvalue weighted by molar-refractivity contribution is 5.66. The highest BCUT2D eigenvalue weighted by atomic mass is 16.4. The van der Waals surface area contributed by atoms with Gasteiger partial charge in [-0.1, -0.05) is 194 Å². The number of unbranched alkanes of at least 4 members (excludes halogenated alkanes) is 28. The molecule has 0 saturated carbocycles. The number of carbonyl (C=O) groups is 2. The number of carboxylic acid groups (broad SMARTS) is 2. The van der Waals surface area contributed by atoms with E-state index in [1.165, 1.54) is 174 Å². The lowest BCUT2D eigenvalue weighted by Gasteiger charge is -2.03.